The fourth-order valence-corrected chi connectivity index (χ4v) is 0.878. The maximum atomic E-state index is 10.1. The van der Waals surface area contributed by atoms with Crippen LogP contribution in [-0.2, 0) is 28.6 Å². The first-order valence-corrected chi connectivity index (χ1v) is 4.78. The molecule has 12 heteroatoms. The molecule has 0 saturated carbocycles. The Morgan fingerprint density at radius 1 is 0.714 bits per heavy atom. The molecule has 0 atom stereocenters. The van der Waals surface area contributed by atoms with Gasteiger partial charge < -0.3 is 43.9 Å². The summed E-state index contributed by atoms with van der Waals surface area (Å²) in [5.41, 5.74) is 0. The summed E-state index contributed by atoms with van der Waals surface area (Å²) < 4.78 is 13.9. The van der Waals surface area contributed by atoms with Crippen molar-refractivity contribution in [2.45, 2.75) is 6.10 Å². The number of rotatable bonds is 11. The van der Waals surface area contributed by atoms with Crippen LogP contribution in [0.4, 0.5) is 0 Å². The zero-order valence-electron chi connectivity index (χ0n) is 12.3. The molecule has 9 nitrogen and oxygen atoms in total. The molecule has 104 valence electrons. The molecule has 0 aromatic heterocycles. The number of carboxylic acid groups (broad SMARTS) is 3. The predicted octanol–water partition coefficient (Wildman–Crippen LogP) is -14.3. The van der Waals surface area contributed by atoms with Crippen LogP contribution >= 0.6 is 0 Å². The minimum Gasteiger partial charge on any atom is -0.548 e. The fraction of sp³-hybridized carbons (Fsp3) is 0.667. The van der Waals surface area contributed by atoms with E-state index in [0.717, 1.165) is 0 Å². The van der Waals surface area contributed by atoms with E-state index < -0.39 is 43.8 Å². The topological polar surface area (TPSA) is 148 Å². The number of carbonyl (C=O) groups excluding carboxylic acids is 3. The summed E-state index contributed by atoms with van der Waals surface area (Å²) in [7, 11) is 0. The zero-order valence-corrected chi connectivity index (χ0v) is 18.3. The average molecular weight is 332 g/mol. The third-order valence-electron chi connectivity index (χ3n) is 1.48. The van der Waals surface area contributed by atoms with E-state index in [1.165, 1.54) is 0 Å². The molecule has 0 bridgehead atoms. The summed E-state index contributed by atoms with van der Waals surface area (Å²) in [5, 5.41) is 30.2. The van der Waals surface area contributed by atoms with Gasteiger partial charge in [-0.25, -0.2) is 0 Å². The average Bonchev–Trinajstić information content (AvgIpc) is 2.24. The molecule has 0 aliphatic carbocycles. The molecular formula is C9H11Na3O9. The number of hydrogen-bond acceptors (Lipinski definition) is 9. The molecule has 0 N–H and O–H groups in total. The molecular weight excluding hydrogens is 321 g/mol. The number of hydrogen-bond donors (Lipinski definition) is 0. The number of carboxylic acids is 3. The van der Waals surface area contributed by atoms with Crippen molar-refractivity contribution in [2.24, 2.45) is 0 Å². The zero-order chi connectivity index (χ0) is 14.0. The largest absolute Gasteiger partial charge is 1.00 e. The number of ether oxygens (including phenoxy) is 3. The molecule has 0 heterocycles. The summed E-state index contributed by atoms with van der Waals surface area (Å²) in [6.45, 7) is -2.76. The monoisotopic (exact) mass is 332 g/mol. The van der Waals surface area contributed by atoms with Crippen LogP contribution in [0.15, 0.2) is 0 Å². The number of aliphatic carboxylic acids is 3. The molecule has 0 unspecified atom stereocenters. The van der Waals surface area contributed by atoms with Gasteiger partial charge in [-0.3, -0.25) is 0 Å². The Labute approximate surface area is 187 Å². The Bertz CT molecular complexity index is 280. The predicted molar refractivity (Wildman–Crippen MR) is 46.4 cm³/mol. The van der Waals surface area contributed by atoms with E-state index in [2.05, 4.69) is 9.47 Å². The molecule has 0 aliphatic rings. The van der Waals surface area contributed by atoms with E-state index >= 15 is 0 Å². The second kappa shape index (κ2) is 19.3. The van der Waals surface area contributed by atoms with Crippen LogP contribution in [0.2, 0.25) is 0 Å². The normalized spacial score (nSPS) is 9.00. The summed E-state index contributed by atoms with van der Waals surface area (Å²) in [6.07, 6.45) is -0.943. The Kier molecular flexibility index (Phi) is 27.8. The molecule has 0 radical (unpaired) electrons. The van der Waals surface area contributed by atoms with Crippen molar-refractivity contribution in [3.8, 4) is 0 Å². The van der Waals surface area contributed by atoms with Gasteiger partial charge in [0.2, 0.25) is 0 Å². The van der Waals surface area contributed by atoms with Gasteiger partial charge in [-0.1, -0.05) is 0 Å². The Hall–Kier alpha value is 1.29. The Morgan fingerprint density at radius 2 is 1.05 bits per heavy atom. The van der Waals surface area contributed by atoms with E-state index in [9.17, 15) is 29.7 Å². The number of carbonyl (C=O) groups is 3. The van der Waals surface area contributed by atoms with E-state index in [1.807, 2.05) is 0 Å². The van der Waals surface area contributed by atoms with E-state index in [-0.39, 0.29) is 102 Å². The molecule has 0 amide bonds. The Balaban J connectivity index is -0.000000482. The van der Waals surface area contributed by atoms with Crippen molar-refractivity contribution in [1.29, 1.82) is 0 Å². The van der Waals surface area contributed by atoms with Gasteiger partial charge in [0.25, 0.3) is 0 Å². The van der Waals surface area contributed by atoms with Crippen molar-refractivity contribution >= 4 is 17.9 Å². The molecule has 0 spiro atoms. The van der Waals surface area contributed by atoms with Gasteiger partial charge in [-0.05, 0) is 0 Å². The SMILES string of the molecule is O=C([O-])COCC(COCC(=O)[O-])OCC(=O)[O-].[Na+].[Na+].[Na+]. The summed E-state index contributed by atoms with van der Waals surface area (Å²) >= 11 is 0. The van der Waals surface area contributed by atoms with Crippen molar-refractivity contribution in [1.82, 2.24) is 0 Å². The standard InChI is InChI=1S/C9H14O9.3Na/c10-7(11)3-16-1-6(18-5-9(14)15)2-17-4-8(12)13;;;/h6H,1-5H2,(H,10,11)(H,12,13)(H,14,15);;;/q;3*+1/p-3. The third-order valence-corrected chi connectivity index (χ3v) is 1.48. The van der Waals surface area contributed by atoms with Crippen molar-refractivity contribution in [3.05, 3.63) is 0 Å². The minimum absolute atomic E-state index is 0. The maximum absolute atomic E-state index is 10.1. The first-order valence-electron chi connectivity index (χ1n) is 4.78. The van der Waals surface area contributed by atoms with Crippen LogP contribution in [0.1, 0.15) is 0 Å². The molecule has 0 aliphatic heterocycles. The van der Waals surface area contributed by atoms with Gasteiger partial charge in [0, 0.05) is 0 Å². The van der Waals surface area contributed by atoms with Crippen molar-refractivity contribution < 1.29 is 133 Å². The van der Waals surface area contributed by atoms with Crippen molar-refractivity contribution in [2.75, 3.05) is 33.0 Å². The van der Waals surface area contributed by atoms with E-state index in [4.69, 9.17) is 4.74 Å². The molecule has 21 heavy (non-hydrogen) atoms. The second-order valence-electron chi connectivity index (χ2n) is 3.08. The van der Waals surface area contributed by atoms with Gasteiger partial charge in [-0.2, -0.15) is 0 Å². The van der Waals surface area contributed by atoms with E-state index in [1.54, 1.807) is 0 Å². The molecule has 0 saturated heterocycles. The quantitative estimate of drug-likeness (QED) is 0.336. The Morgan fingerprint density at radius 3 is 1.33 bits per heavy atom. The first kappa shape index (κ1) is 30.2. The van der Waals surface area contributed by atoms with Crippen LogP contribution in [0.25, 0.3) is 0 Å². The van der Waals surface area contributed by atoms with Crippen molar-refractivity contribution in [3.63, 3.8) is 0 Å². The minimum atomic E-state index is -1.49. The molecule has 0 aromatic carbocycles. The van der Waals surface area contributed by atoms with Gasteiger partial charge in [0.15, 0.2) is 0 Å². The van der Waals surface area contributed by atoms with Crippen LogP contribution < -0.4 is 104 Å². The fourth-order valence-electron chi connectivity index (χ4n) is 0.878. The molecule has 0 rings (SSSR count). The van der Waals surface area contributed by atoms with E-state index in [0.29, 0.717) is 0 Å². The van der Waals surface area contributed by atoms with Crippen LogP contribution in [0.5, 0.6) is 0 Å². The van der Waals surface area contributed by atoms with Gasteiger partial charge in [-0.15, -0.1) is 0 Å². The van der Waals surface area contributed by atoms with Crippen LogP contribution in [-0.4, -0.2) is 57.0 Å². The summed E-state index contributed by atoms with van der Waals surface area (Å²) in [4.78, 5) is 30.2. The molecule has 0 fully saturated rings. The third kappa shape index (κ3) is 23.7. The molecule has 0 aromatic rings. The maximum Gasteiger partial charge on any atom is 1.00 e. The van der Waals surface area contributed by atoms with Crippen LogP contribution in [0, 0.1) is 0 Å². The smallest absolute Gasteiger partial charge is 0.548 e. The van der Waals surface area contributed by atoms with Crippen LogP contribution in [0.3, 0.4) is 0 Å². The van der Waals surface area contributed by atoms with Gasteiger partial charge in [0.05, 0.1) is 50.9 Å². The van der Waals surface area contributed by atoms with Gasteiger partial charge >= 0.3 is 88.7 Å². The summed E-state index contributed by atoms with van der Waals surface area (Å²) in [5.74, 6) is -4.39. The van der Waals surface area contributed by atoms with Gasteiger partial charge in [0.1, 0.15) is 6.10 Å². The first-order chi connectivity index (χ1) is 8.41. The summed E-state index contributed by atoms with van der Waals surface area (Å²) in [6, 6.07) is 0. The second-order valence-corrected chi connectivity index (χ2v) is 3.08.